The Morgan fingerprint density at radius 1 is 1.05 bits per heavy atom. The molecule has 4 saturated carbocycles. The van der Waals surface area contributed by atoms with E-state index in [1.807, 2.05) is 6.07 Å². The molecule has 216 valence electrons. The summed E-state index contributed by atoms with van der Waals surface area (Å²) < 4.78 is 11.2. The molecule has 1 saturated heterocycles. The van der Waals surface area contributed by atoms with Gasteiger partial charge in [-0.05, 0) is 124 Å². The van der Waals surface area contributed by atoms with E-state index >= 15 is 0 Å². The molecule has 1 aliphatic heterocycles. The van der Waals surface area contributed by atoms with Gasteiger partial charge in [0.15, 0.2) is 0 Å². The van der Waals surface area contributed by atoms with Gasteiger partial charge in [0, 0.05) is 24.6 Å². The SMILES string of the molecule is C[C@]12CC[C@H](OC(=O)NCCN3CCCC3)C[C@H]1CCC[C@H]1[C@@H]2CC[C@]2(C)[C@@H](c3ccc(=O)oc3)CC[C@]12O. The molecule has 1 amide bonds. The van der Waals surface area contributed by atoms with Crippen molar-refractivity contribution in [1.82, 2.24) is 10.2 Å². The number of aliphatic hydroxyl groups is 1. The van der Waals surface area contributed by atoms with Gasteiger partial charge >= 0.3 is 11.7 Å². The fraction of sp³-hybridized carbons (Fsp3) is 0.812. The molecular formula is C32H48N2O5. The minimum absolute atomic E-state index is 0.00745. The Balaban J connectivity index is 1.12. The van der Waals surface area contributed by atoms with Crippen molar-refractivity contribution in [2.45, 2.75) is 109 Å². The first kappa shape index (κ1) is 27.3. The molecule has 2 N–H and O–H groups in total. The third kappa shape index (κ3) is 4.75. The van der Waals surface area contributed by atoms with E-state index in [0.29, 0.717) is 24.3 Å². The van der Waals surface area contributed by atoms with Crippen LogP contribution in [0.5, 0.6) is 0 Å². The molecule has 6 rings (SSSR count). The molecule has 2 heterocycles. The van der Waals surface area contributed by atoms with Gasteiger partial charge in [-0.1, -0.05) is 20.3 Å². The Hall–Kier alpha value is -1.86. The maximum absolute atomic E-state index is 12.6. The molecular weight excluding hydrogens is 492 g/mol. The van der Waals surface area contributed by atoms with Crippen LogP contribution in [0, 0.1) is 28.6 Å². The summed E-state index contributed by atoms with van der Waals surface area (Å²) in [6.45, 7) is 8.62. The number of nitrogens with zero attached hydrogens (tertiary/aromatic N) is 1. The molecule has 8 atom stereocenters. The highest BCUT2D eigenvalue weighted by Gasteiger charge is 2.66. The predicted octanol–water partition coefficient (Wildman–Crippen LogP) is 5.46. The monoisotopic (exact) mass is 540 g/mol. The van der Waals surface area contributed by atoms with Crippen molar-refractivity contribution in [2.24, 2.45) is 28.6 Å². The van der Waals surface area contributed by atoms with E-state index in [9.17, 15) is 14.7 Å². The number of carbonyl (C=O) groups excluding carboxylic acids is 1. The van der Waals surface area contributed by atoms with Crippen LogP contribution in [0.2, 0.25) is 0 Å². The van der Waals surface area contributed by atoms with Gasteiger partial charge < -0.3 is 24.5 Å². The smallest absolute Gasteiger partial charge is 0.407 e. The quantitative estimate of drug-likeness (QED) is 0.515. The number of rotatable bonds is 5. The lowest BCUT2D eigenvalue weighted by Gasteiger charge is -2.59. The lowest BCUT2D eigenvalue weighted by Crippen LogP contribution is -2.59. The Morgan fingerprint density at radius 3 is 2.64 bits per heavy atom. The fourth-order valence-electron chi connectivity index (χ4n) is 10.1. The minimum Gasteiger partial charge on any atom is -0.446 e. The molecule has 0 bridgehead atoms. The second kappa shape index (κ2) is 10.5. The zero-order valence-electron chi connectivity index (χ0n) is 24.0. The molecule has 0 radical (unpaired) electrons. The number of ether oxygens (including phenoxy) is 1. The number of carbonyl (C=O) groups is 1. The van der Waals surface area contributed by atoms with Gasteiger partial charge in [-0.3, -0.25) is 0 Å². The molecule has 5 fully saturated rings. The topological polar surface area (TPSA) is 92.0 Å². The van der Waals surface area contributed by atoms with Crippen molar-refractivity contribution in [1.29, 1.82) is 0 Å². The number of hydrogen-bond acceptors (Lipinski definition) is 6. The number of alkyl carbamates (subject to hydrolysis) is 1. The third-order valence-electron chi connectivity index (χ3n) is 12.3. The van der Waals surface area contributed by atoms with Gasteiger partial charge in [-0.2, -0.15) is 0 Å². The van der Waals surface area contributed by atoms with Crippen LogP contribution < -0.4 is 10.9 Å². The average molecular weight is 541 g/mol. The highest BCUT2D eigenvalue weighted by atomic mass is 16.6. The van der Waals surface area contributed by atoms with Crippen molar-refractivity contribution in [3.8, 4) is 0 Å². The van der Waals surface area contributed by atoms with E-state index in [0.717, 1.165) is 89.4 Å². The fourth-order valence-corrected chi connectivity index (χ4v) is 10.1. The predicted molar refractivity (Wildman–Crippen MR) is 149 cm³/mol. The van der Waals surface area contributed by atoms with E-state index in [4.69, 9.17) is 9.15 Å². The van der Waals surface area contributed by atoms with Crippen LogP contribution in [0.4, 0.5) is 4.79 Å². The van der Waals surface area contributed by atoms with Crippen LogP contribution in [0.15, 0.2) is 27.6 Å². The third-order valence-corrected chi connectivity index (χ3v) is 12.3. The summed E-state index contributed by atoms with van der Waals surface area (Å²) in [5.41, 5.74) is -0.0000307. The van der Waals surface area contributed by atoms with E-state index in [1.54, 1.807) is 6.26 Å². The van der Waals surface area contributed by atoms with Crippen LogP contribution in [0.25, 0.3) is 0 Å². The molecule has 0 aromatic carbocycles. The number of nitrogens with one attached hydrogen (secondary N) is 1. The molecule has 7 heteroatoms. The Morgan fingerprint density at radius 2 is 1.87 bits per heavy atom. The summed E-state index contributed by atoms with van der Waals surface area (Å²) in [5, 5.41) is 15.5. The normalized spacial score (nSPS) is 42.2. The van der Waals surface area contributed by atoms with Crippen molar-refractivity contribution < 1.29 is 19.1 Å². The number of fused-ring (bicyclic) bond motifs is 5. The molecule has 5 aliphatic rings. The van der Waals surface area contributed by atoms with Crippen molar-refractivity contribution >= 4 is 6.09 Å². The maximum atomic E-state index is 12.6. The maximum Gasteiger partial charge on any atom is 0.407 e. The summed E-state index contributed by atoms with van der Waals surface area (Å²) in [5.74, 6) is 1.52. The lowest BCUT2D eigenvalue weighted by atomic mass is 9.47. The van der Waals surface area contributed by atoms with Crippen LogP contribution >= 0.6 is 0 Å². The van der Waals surface area contributed by atoms with Gasteiger partial charge in [0.2, 0.25) is 0 Å². The van der Waals surface area contributed by atoms with Crippen LogP contribution in [-0.4, -0.2) is 54.0 Å². The Bertz CT molecular complexity index is 1080. The van der Waals surface area contributed by atoms with E-state index in [1.165, 1.54) is 18.9 Å². The molecule has 7 nitrogen and oxygen atoms in total. The molecule has 4 aliphatic carbocycles. The zero-order valence-corrected chi connectivity index (χ0v) is 24.0. The first-order valence-electron chi connectivity index (χ1n) is 15.7. The first-order valence-corrected chi connectivity index (χ1v) is 15.7. The van der Waals surface area contributed by atoms with E-state index < -0.39 is 5.60 Å². The average Bonchev–Trinajstić information content (AvgIpc) is 3.48. The van der Waals surface area contributed by atoms with Crippen LogP contribution in [0.1, 0.15) is 102 Å². The van der Waals surface area contributed by atoms with Crippen LogP contribution in [-0.2, 0) is 4.74 Å². The Kier molecular flexibility index (Phi) is 7.37. The summed E-state index contributed by atoms with van der Waals surface area (Å²) in [4.78, 5) is 26.6. The molecule has 0 unspecified atom stereocenters. The number of likely N-dealkylation sites (tertiary alicyclic amines) is 1. The largest absolute Gasteiger partial charge is 0.446 e. The van der Waals surface area contributed by atoms with Crippen molar-refractivity contribution in [2.75, 3.05) is 26.2 Å². The van der Waals surface area contributed by atoms with Gasteiger partial charge in [0.1, 0.15) is 6.10 Å². The first-order chi connectivity index (χ1) is 18.7. The second-order valence-corrected chi connectivity index (χ2v) is 14.0. The van der Waals surface area contributed by atoms with Gasteiger partial charge in [0.05, 0.1) is 11.9 Å². The minimum atomic E-state index is -0.697. The number of hydrogen-bond donors (Lipinski definition) is 2. The molecule has 0 spiro atoms. The van der Waals surface area contributed by atoms with Crippen LogP contribution in [0.3, 0.4) is 0 Å². The van der Waals surface area contributed by atoms with Gasteiger partial charge in [0.25, 0.3) is 0 Å². The van der Waals surface area contributed by atoms with Gasteiger partial charge in [-0.25, -0.2) is 9.59 Å². The highest BCUT2D eigenvalue weighted by molar-refractivity contribution is 5.67. The lowest BCUT2D eigenvalue weighted by molar-refractivity contribution is -0.180. The standard InChI is InChI=1S/C32H48N2O5/c1-30-13-10-24(39-29(36)33-16-19-34-17-3-4-18-34)20-23(30)6-5-7-27-26(30)11-14-31(2)25(12-15-32(27,31)37)22-8-9-28(35)38-21-22/h8-9,21,23-27,37H,3-7,10-20H2,1-2H3,(H,33,36)/t23-,24+,25-,26+,27+,30+,31-,32+/m1/s1. The Labute approximate surface area is 233 Å². The van der Waals surface area contributed by atoms with Crippen molar-refractivity contribution in [3.63, 3.8) is 0 Å². The summed E-state index contributed by atoms with van der Waals surface area (Å²) >= 11 is 0. The van der Waals surface area contributed by atoms with E-state index in [2.05, 4.69) is 24.1 Å². The molecule has 39 heavy (non-hydrogen) atoms. The molecule has 1 aromatic rings. The second-order valence-electron chi connectivity index (χ2n) is 14.0. The van der Waals surface area contributed by atoms with E-state index in [-0.39, 0.29) is 34.6 Å². The van der Waals surface area contributed by atoms with Gasteiger partial charge in [-0.15, -0.1) is 0 Å². The summed E-state index contributed by atoms with van der Waals surface area (Å²) in [6, 6.07) is 3.43. The summed E-state index contributed by atoms with van der Waals surface area (Å²) in [6.07, 6.45) is 14.0. The molecule has 1 aromatic heterocycles. The number of amides is 1. The van der Waals surface area contributed by atoms with Crippen molar-refractivity contribution in [3.05, 3.63) is 34.4 Å². The zero-order chi connectivity index (χ0) is 27.3. The highest BCUT2D eigenvalue weighted by Crippen LogP contribution is 2.69. The summed E-state index contributed by atoms with van der Waals surface area (Å²) in [7, 11) is 0.